The van der Waals surface area contributed by atoms with Crippen LogP contribution < -0.4 is 0 Å². The first kappa shape index (κ1) is 23.0. The van der Waals surface area contributed by atoms with E-state index in [1.807, 2.05) is 31.2 Å². The van der Waals surface area contributed by atoms with E-state index in [0.29, 0.717) is 13.1 Å². The maximum atomic E-state index is 13.4. The molecule has 1 aliphatic heterocycles. The summed E-state index contributed by atoms with van der Waals surface area (Å²) in [5.41, 5.74) is 1.85. The monoisotopic (exact) mass is 496 g/mol. The van der Waals surface area contributed by atoms with Crippen LogP contribution >= 0.6 is 23.4 Å². The van der Waals surface area contributed by atoms with Gasteiger partial charge in [-0.05, 0) is 37.3 Å². The van der Waals surface area contributed by atoms with Gasteiger partial charge in [-0.15, -0.1) is 11.8 Å². The van der Waals surface area contributed by atoms with E-state index in [-0.39, 0.29) is 39.9 Å². The molecule has 170 valence electrons. The van der Waals surface area contributed by atoms with Crippen molar-refractivity contribution < 1.29 is 17.6 Å². The quantitative estimate of drug-likeness (QED) is 0.562. The number of thioether (sulfide) groups is 1. The zero-order valence-electron chi connectivity index (χ0n) is 17.3. The smallest absolute Gasteiger partial charge is 0.243 e. The topological polar surface area (TPSA) is 86.4 Å². The van der Waals surface area contributed by atoms with Crippen molar-refractivity contribution in [3.8, 4) is 0 Å². The Morgan fingerprint density at radius 3 is 2.62 bits per heavy atom. The molecule has 7 nitrogen and oxygen atoms in total. The number of nitrogens with zero attached hydrogens (tertiary/aromatic N) is 3. The van der Waals surface area contributed by atoms with Crippen LogP contribution in [-0.2, 0) is 14.8 Å². The number of para-hydroxylation sites is 2. The molecule has 4 rings (SSSR count). The normalized spacial score (nSPS) is 16.4. The van der Waals surface area contributed by atoms with Gasteiger partial charge in [0, 0.05) is 26.2 Å². The zero-order chi connectivity index (χ0) is 22.9. The fourth-order valence-corrected chi connectivity index (χ4v) is 6.03. The summed E-state index contributed by atoms with van der Waals surface area (Å²) in [6.45, 7) is 2.94. The number of fused-ring (bicyclic) bond motifs is 1. The molecule has 1 fully saturated rings. The second kappa shape index (κ2) is 9.38. The maximum absolute atomic E-state index is 13.4. The third-order valence-corrected chi connectivity index (χ3v) is 8.69. The van der Waals surface area contributed by atoms with Crippen molar-refractivity contribution in [2.75, 3.05) is 31.9 Å². The molecule has 2 aromatic carbocycles. The molecular weight excluding hydrogens is 475 g/mol. The number of sulfonamides is 1. The Labute approximate surface area is 195 Å². The van der Waals surface area contributed by atoms with Crippen LogP contribution in [0.25, 0.3) is 11.0 Å². The van der Waals surface area contributed by atoms with Crippen LogP contribution in [0, 0.1) is 5.82 Å². The number of aromatic nitrogens is 2. The Kier molecular flexibility index (Phi) is 6.75. The number of hydrogen-bond acceptors (Lipinski definition) is 5. The van der Waals surface area contributed by atoms with Crippen LogP contribution in [0.15, 0.2) is 47.4 Å². The van der Waals surface area contributed by atoms with E-state index in [4.69, 9.17) is 11.6 Å². The molecule has 0 radical (unpaired) electrons. The Hall–Kier alpha value is -2.14. The number of benzene rings is 2. The van der Waals surface area contributed by atoms with Gasteiger partial charge in [0.05, 0.1) is 32.0 Å². The number of aromatic amines is 1. The summed E-state index contributed by atoms with van der Waals surface area (Å²) in [7, 11) is -3.80. The molecule has 2 heterocycles. The lowest BCUT2D eigenvalue weighted by atomic mass is 10.3. The lowest BCUT2D eigenvalue weighted by Gasteiger charge is -2.34. The molecule has 0 saturated carbocycles. The molecule has 32 heavy (non-hydrogen) atoms. The summed E-state index contributed by atoms with van der Waals surface area (Å²) in [6, 6.07) is 11.1. The molecular formula is C21H22ClFN4O3S2. The number of H-pyrrole nitrogens is 1. The van der Waals surface area contributed by atoms with Crippen LogP contribution in [0.1, 0.15) is 18.0 Å². The van der Waals surface area contributed by atoms with E-state index in [1.54, 1.807) is 4.90 Å². The van der Waals surface area contributed by atoms with Gasteiger partial charge in [-0.1, -0.05) is 23.7 Å². The van der Waals surface area contributed by atoms with Gasteiger partial charge in [0.1, 0.15) is 11.6 Å². The summed E-state index contributed by atoms with van der Waals surface area (Å²) < 4.78 is 40.3. The average Bonchev–Trinajstić information content (AvgIpc) is 3.23. The molecule has 1 atom stereocenters. The Morgan fingerprint density at radius 1 is 1.22 bits per heavy atom. The van der Waals surface area contributed by atoms with Crippen LogP contribution in [0.2, 0.25) is 5.02 Å². The van der Waals surface area contributed by atoms with Crippen molar-refractivity contribution >= 4 is 50.3 Å². The molecule has 3 aromatic rings. The third kappa shape index (κ3) is 4.78. The molecule has 0 aliphatic carbocycles. The van der Waals surface area contributed by atoms with Crippen molar-refractivity contribution in [3.63, 3.8) is 0 Å². The Bertz CT molecular complexity index is 1210. The number of carbonyl (C=O) groups excluding carboxylic acids is 1. The van der Waals surface area contributed by atoms with Crippen molar-refractivity contribution in [2.45, 2.75) is 17.1 Å². The number of rotatable bonds is 6. The van der Waals surface area contributed by atoms with Crippen LogP contribution in [0.5, 0.6) is 0 Å². The van der Waals surface area contributed by atoms with E-state index >= 15 is 0 Å². The summed E-state index contributed by atoms with van der Waals surface area (Å²) in [5.74, 6) is 0.381. The molecule has 0 unspecified atom stereocenters. The molecule has 1 aromatic heterocycles. The number of halogens is 2. The van der Waals surface area contributed by atoms with Crippen molar-refractivity contribution in [1.82, 2.24) is 19.2 Å². The summed E-state index contributed by atoms with van der Waals surface area (Å²) in [6.07, 6.45) is 0. The predicted molar refractivity (Wildman–Crippen MR) is 124 cm³/mol. The lowest BCUT2D eigenvalue weighted by molar-refractivity contribution is -0.129. The van der Waals surface area contributed by atoms with Crippen LogP contribution in [-0.4, -0.2) is 65.4 Å². The fourth-order valence-electron chi connectivity index (χ4n) is 3.50. The SMILES string of the molecule is C[C@H](SCC(=O)N1CCN(S(=O)(=O)c2ccc(F)c(Cl)c2)CC1)c1nc2ccccc2[nH]1. The van der Waals surface area contributed by atoms with Crippen molar-refractivity contribution in [1.29, 1.82) is 0 Å². The zero-order valence-corrected chi connectivity index (χ0v) is 19.7. The number of carbonyl (C=O) groups is 1. The van der Waals surface area contributed by atoms with Gasteiger partial charge in [0.15, 0.2) is 0 Å². The highest BCUT2D eigenvalue weighted by atomic mass is 35.5. The number of hydrogen-bond donors (Lipinski definition) is 1. The van der Waals surface area contributed by atoms with Gasteiger partial charge in [-0.25, -0.2) is 17.8 Å². The first-order chi connectivity index (χ1) is 15.3. The van der Waals surface area contributed by atoms with Crippen molar-refractivity contribution in [2.24, 2.45) is 0 Å². The highest BCUT2D eigenvalue weighted by Crippen LogP contribution is 2.28. The lowest BCUT2D eigenvalue weighted by Crippen LogP contribution is -2.51. The standard InChI is InChI=1S/C21H22ClFN4O3S2/c1-14(21-24-18-4-2-3-5-19(18)25-21)31-13-20(28)26-8-10-27(11-9-26)32(29,30)15-6-7-17(23)16(22)12-15/h2-7,12,14H,8-11,13H2,1H3,(H,24,25)/t14-/m0/s1. The van der Waals surface area contributed by atoms with Gasteiger partial charge in [-0.2, -0.15) is 4.31 Å². The number of nitrogens with one attached hydrogen (secondary N) is 1. The van der Waals surface area contributed by atoms with E-state index in [0.717, 1.165) is 29.0 Å². The summed E-state index contributed by atoms with van der Waals surface area (Å²) in [4.78, 5) is 22.1. The van der Waals surface area contributed by atoms with E-state index in [1.165, 1.54) is 22.1 Å². The average molecular weight is 497 g/mol. The van der Waals surface area contributed by atoms with E-state index in [9.17, 15) is 17.6 Å². The van der Waals surface area contributed by atoms with E-state index < -0.39 is 15.8 Å². The summed E-state index contributed by atoms with van der Waals surface area (Å²) >= 11 is 7.22. The second-order valence-electron chi connectivity index (χ2n) is 7.45. The molecule has 0 spiro atoms. The number of imidazole rings is 1. The second-order valence-corrected chi connectivity index (χ2v) is 11.1. The minimum atomic E-state index is -3.80. The predicted octanol–water partition coefficient (Wildman–Crippen LogP) is 3.68. The molecule has 1 amide bonds. The van der Waals surface area contributed by atoms with Gasteiger partial charge in [0.2, 0.25) is 15.9 Å². The highest BCUT2D eigenvalue weighted by molar-refractivity contribution is 8.00. The Morgan fingerprint density at radius 2 is 1.94 bits per heavy atom. The molecule has 11 heteroatoms. The number of piperazine rings is 1. The van der Waals surface area contributed by atoms with Crippen LogP contribution in [0.3, 0.4) is 0 Å². The van der Waals surface area contributed by atoms with Gasteiger partial charge in [0.25, 0.3) is 0 Å². The molecule has 1 aliphatic rings. The highest BCUT2D eigenvalue weighted by Gasteiger charge is 2.30. The van der Waals surface area contributed by atoms with Gasteiger partial charge < -0.3 is 9.88 Å². The van der Waals surface area contributed by atoms with Crippen molar-refractivity contribution in [3.05, 3.63) is 59.1 Å². The van der Waals surface area contributed by atoms with Gasteiger partial charge in [-0.3, -0.25) is 4.79 Å². The van der Waals surface area contributed by atoms with Gasteiger partial charge >= 0.3 is 0 Å². The fraction of sp³-hybridized carbons (Fsp3) is 0.333. The first-order valence-electron chi connectivity index (χ1n) is 10.0. The minimum absolute atomic E-state index is 0.0104. The third-order valence-electron chi connectivity index (χ3n) is 5.37. The Balaban J connectivity index is 1.31. The van der Waals surface area contributed by atoms with E-state index in [2.05, 4.69) is 9.97 Å². The largest absolute Gasteiger partial charge is 0.341 e. The molecule has 1 N–H and O–H groups in total. The first-order valence-corrected chi connectivity index (χ1v) is 12.9. The minimum Gasteiger partial charge on any atom is -0.341 e. The molecule has 1 saturated heterocycles. The maximum Gasteiger partial charge on any atom is 0.243 e. The summed E-state index contributed by atoms with van der Waals surface area (Å²) in [5, 5.41) is -0.230. The molecule has 0 bridgehead atoms. The van der Waals surface area contributed by atoms with Crippen LogP contribution in [0.4, 0.5) is 4.39 Å². The number of amides is 1.